The number of fused-ring (bicyclic) bond motifs is 1. The number of unbranched alkanes of at least 4 members (excludes halogenated alkanes) is 1. The van der Waals surface area contributed by atoms with Crippen molar-refractivity contribution in [3.8, 4) is 0 Å². The summed E-state index contributed by atoms with van der Waals surface area (Å²) >= 11 is 0. The van der Waals surface area contributed by atoms with Crippen molar-refractivity contribution < 1.29 is 24.5 Å². The fraction of sp³-hybridized carbons (Fsp3) is 0.786. The molecule has 0 amide bonds. The lowest BCUT2D eigenvalue weighted by atomic mass is 9.53. The molecule has 7 atom stereocenters. The first kappa shape index (κ1) is 26.3. The van der Waals surface area contributed by atoms with Crippen LogP contribution in [-0.2, 0) is 19.4 Å². The van der Waals surface area contributed by atoms with Crippen molar-refractivity contribution in [2.45, 2.75) is 117 Å². The molecule has 3 aliphatic carbocycles. The molecule has 0 aliphatic heterocycles. The fourth-order valence-corrected chi connectivity index (χ4v) is 6.96. The summed E-state index contributed by atoms with van der Waals surface area (Å²) in [4.78, 5) is 37.2. The molecule has 5 heteroatoms. The van der Waals surface area contributed by atoms with Crippen LogP contribution in [0.4, 0.5) is 0 Å². The minimum Gasteiger partial charge on any atom is -0.393 e. The van der Waals surface area contributed by atoms with E-state index in [9.17, 15) is 14.7 Å². The van der Waals surface area contributed by atoms with E-state index in [-0.39, 0.29) is 34.9 Å². The number of rotatable bonds is 10. The zero-order valence-electron chi connectivity index (χ0n) is 21.5. The molecule has 5 nitrogen and oxygen atoms in total. The molecule has 2 saturated carbocycles. The maximum absolute atomic E-state index is 13.1. The van der Waals surface area contributed by atoms with Crippen LogP contribution in [0.2, 0.25) is 0 Å². The lowest BCUT2D eigenvalue weighted by molar-refractivity contribution is -0.394. The number of carbonyl (C=O) groups excluding carboxylic acids is 2. The van der Waals surface area contributed by atoms with Crippen molar-refractivity contribution in [3.63, 3.8) is 0 Å². The van der Waals surface area contributed by atoms with E-state index < -0.39 is 17.1 Å². The largest absolute Gasteiger partial charge is 0.393 e. The van der Waals surface area contributed by atoms with E-state index in [1.54, 1.807) is 19.1 Å². The van der Waals surface area contributed by atoms with Crippen LogP contribution < -0.4 is 0 Å². The van der Waals surface area contributed by atoms with Crippen LogP contribution in [0.3, 0.4) is 0 Å². The topological polar surface area (TPSA) is 72.8 Å². The Morgan fingerprint density at radius 3 is 2.61 bits per heavy atom. The van der Waals surface area contributed by atoms with Gasteiger partial charge in [-0.05, 0) is 75.9 Å². The Kier molecular flexibility index (Phi) is 8.08. The molecule has 0 aromatic carbocycles. The fourth-order valence-electron chi connectivity index (χ4n) is 6.96. The van der Waals surface area contributed by atoms with E-state index in [1.807, 2.05) is 6.08 Å². The molecule has 0 saturated heterocycles. The normalized spacial score (nSPS) is 39.3. The highest BCUT2D eigenvalue weighted by Crippen LogP contribution is 2.63. The van der Waals surface area contributed by atoms with Crippen molar-refractivity contribution in [1.82, 2.24) is 0 Å². The standard InChI is InChI=1S/C28H44O5/c1-7-10-11-23(9-3)32-33-28(19(4)29)15-12-21-17-24(25(31)18-27(21,28)6)26(5)14-13-22(30)16-20(26)8-2/h13-14,16,21,23-25,31H,7-12,15,17-18H2,1-6H3/t21?,23-,24?,25?,26?,27?,28?/m0/s1. The van der Waals surface area contributed by atoms with Crippen molar-refractivity contribution in [1.29, 1.82) is 0 Å². The molecule has 33 heavy (non-hydrogen) atoms. The van der Waals surface area contributed by atoms with Gasteiger partial charge in [0.05, 0.1) is 12.2 Å². The molecule has 6 unspecified atom stereocenters. The lowest BCUT2D eigenvalue weighted by Crippen LogP contribution is -2.58. The molecule has 0 bridgehead atoms. The maximum atomic E-state index is 13.1. The van der Waals surface area contributed by atoms with Crippen LogP contribution in [-0.4, -0.2) is 34.5 Å². The molecule has 0 aromatic heterocycles. The average molecular weight is 461 g/mol. The first-order valence-corrected chi connectivity index (χ1v) is 13.1. The summed E-state index contributed by atoms with van der Waals surface area (Å²) in [6, 6.07) is 0. The molecule has 0 radical (unpaired) electrons. The molecule has 0 spiro atoms. The maximum Gasteiger partial charge on any atom is 0.178 e. The van der Waals surface area contributed by atoms with Gasteiger partial charge in [-0.25, -0.2) is 9.78 Å². The zero-order valence-corrected chi connectivity index (χ0v) is 21.5. The third-order valence-corrected chi connectivity index (χ3v) is 9.29. The van der Waals surface area contributed by atoms with Gasteiger partial charge in [-0.3, -0.25) is 9.59 Å². The van der Waals surface area contributed by atoms with E-state index in [4.69, 9.17) is 9.78 Å². The Bertz CT molecular complexity index is 800. The van der Waals surface area contributed by atoms with Gasteiger partial charge in [-0.15, -0.1) is 0 Å². The van der Waals surface area contributed by atoms with E-state index in [2.05, 4.69) is 34.6 Å². The Labute approximate surface area is 199 Å². The summed E-state index contributed by atoms with van der Waals surface area (Å²) in [5.74, 6) is 0.264. The summed E-state index contributed by atoms with van der Waals surface area (Å²) < 4.78 is 0. The summed E-state index contributed by atoms with van der Waals surface area (Å²) in [5.41, 5.74) is -0.778. The van der Waals surface area contributed by atoms with Crippen LogP contribution in [0.5, 0.6) is 0 Å². The van der Waals surface area contributed by atoms with Gasteiger partial charge >= 0.3 is 0 Å². The summed E-state index contributed by atoms with van der Waals surface area (Å²) in [5, 5.41) is 11.5. The number of ketones is 2. The van der Waals surface area contributed by atoms with Crippen LogP contribution in [0.1, 0.15) is 99.3 Å². The number of aliphatic hydroxyl groups excluding tert-OH is 1. The molecule has 2 fully saturated rings. The van der Waals surface area contributed by atoms with Crippen molar-refractivity contribution in [2.75, 3.05) is 0 Å². The van der Waals surface area contributed by atoms with E-state index >= 15 is 0 Å². The number of allylic oxidation sites excluding steroid dienone is 4. The highest BCUT2D eigenvalue weighted by atomic mass is 17.2. The van der Waals surface area contributed by atoms with Crippen molar-refractivity contribution >= 4 is 11.6 Å². The summed E-state index contributed by atoms with van der Waals surface area (Å²) in [7, 11) is 0. The molecule has 0 heterocycles. The Balaban J connectivity index is 1.85. The molecule has 3 rings (SSSR count). The minimum atomic E-state index is -1.02. The van der Waals surface area contributed by atoms with Crippen molar-refractivity contribution in [2.24, 2.45) is 22.7 Å². The van der Waals surface area contributed by atoms with Crippen molar-refractivity contribution in [3.05, 3.63) is 23.8 Å². The number of hydrogen-bond donors (Lipinski definition) is 1. The van der Waals surface area contributed by atoms with Gasteiger partial charge in [0.25, 0.3) is 0 Å². The molecule has 1 N–H and O–H groups in total. The summed E-state index contributed by atoms with van der Waals surface area (Å²) in [6.45, 7) is 12.2. The first-order chi connectivity index (χ1) is 15.6. The van der Waals surface area contributed by atoms with Gasteiger partial charge in [0.2, 0.25) is 0 Å². The second-order valence-corrected chi connectivity index (χ2v) is 11.0. The lowest BCUT2D eigenvalue weighted by Gasteiger charge is -2.53. The SMILES string of the molecule is CCCC[C@H](CC)OOC1(C(C)=O)CCC2CC(C3(C)C=CC(=O)C=C3CC)C(O)CC21C. The second-order valence-electron chi connectivity index (χ2n) is 11.0. The predicted molar refractivity (Wildman–Crippen MR) is 129 cm³/mol. The highest BCUT2D eigenvalue weighted by molar-refractivity contribution is 6.01. The third-order valence-electron chi connectivity index (χ3n) is 9.29. The molecular formula is C28H44O5. The first-order valence-electron chi connectivity index (χ1n) is 13.1. The molecule has 0 aromatic rings. The van der Waals surface area contributed by atoms with Crippen LogP contribution in [0, 0.1) is 22.7 Å². The van der Waals surface area contributed by atoms with Gasteiger partial charge in [0.15, 0.2) is 17.2 Å². The number of hydrogen-bond acceptors (Lipinski definition) is 5. The van der Waals surface area contributed by atoms with Crippen LogP contribution in [0.25, 0.3) is 0 Å². The van der Waals surface area contributed by atoms with Crippen LogP contribution >= 0.6 is 0 Å². The smallest absolute Gasteiger partial charge is 0.178 e. The highest BCUT2D eigenvalue weighted by Gasteiger charge is 2.66. The molecule has 186 valence electrons. The third kappa shape index (κ3) is 4.53. The van der Waals surface area contributed by atoms with Gasteiger partial charge in [-0.2, -0.15) is 0 Å². The molecule has 3 aliphatic rings. The van der Waals surface area contributed by atoms with E-state index in [0.717, 1.165) is 50.5 Å². The van der Waals surface area contributed by atoms with Crippen LogP contribution in [0.15, 0.2) is 23.8 Å². The van der Waals surface area contributed by atoms with E-state index in [1.165, 1.54) is 0 Å². The predicted octanol–water partition coefficient (Wildman–Crippen LogP) is 5.90. The van der Waals surface area contributed by atoms with Gasteiger partial charge < -0.3 is 5.11 Å². The summed E-state index contributed by atoms with van der Waals surface area (Å²) in [6.07, 6.45) is 12.3. The van der Waals surface area contributed by atoms with Gasteiger partial charge in [0, 0.05) is 10.8 Å². The number of Topliss-reactive ketones (excluding diaryl/α,β-unsaturated/α-hetero) is 1. The monoisotopic (exact) mass is 460 g/mol. The second kappa shape index (κ2) is 10.1. The minimum absolute atomic E-state index is 0.00254. The van der Waals surface area contributed by atoms with E-state index in [0.29, 0.717) is 12.8 Å². The Morgan fingerprint density at radius 1 is 1.27 bits per heavy atom. The molecular weight excluding hydrogens is 416 g/mol. The average Bonchev–Trinajstić information content (AvgIpc) is 3.07. The quantitative estimate of drug-likeness (QED) is 0.325. The zero-order chi connectivity index (χ0) is 24.4. The Hall–Kier alpha value is -1.30. The Morgan fingerprint density at radius 2 is 2.00 bits per heavy atom. The van der Waals surface area contributed by atoms with Gasteiger partial charge in [0.1, 0.15) is 0 Å². The number of aliphatic hydroxyl groups is 1. The number of carbonyl (C=O) groups is 2. The van der Waals surface area contributed by atoms with Gasteiger partial charge in [-0.1, -0.05) is 59.1 Å².